The van der Waals surface area contributed by atoms with Crippen molar-refractivity contribution in [2.45, 2.75) is 54.8 Å². The lowest BCUT2D eigenvalue weighted by Gasteiger charge is -2.44. The third-order valence-electron chi connectivity index (χ3n) is 10.1. The molecule has 9 atom stereocenters. The average molecular weight is 863 g/mol. The van der Waals surface area contributed by atoms with E-state index in [1.54, 1.807) is 91.0 Å². The molecule has 2 saturated heterocycles. The smallest absolute Gasteiger partial charge is 0.338 e. The molecule has 16 nitrogen and oxygen atoms in total. The van der Waals surface area contributed by atoms with E-state index in [0.717, 1.165) is 0 Å². The van der Waals surface area contributed by atoms with Crippen LogP contribution in [0.1, 0.15) is 51.8 Å². The topological polar surface area (TPSA) is 220 Å². The van der Waals surface area contributed by atoms with Gasteiger partial charge < -0.3 is 53.2 Å². The fraction of sp³-hybridized carbons (Fsp3) is 0.255. The number of hydrogen-bond acceptors (Lipinski definition) is 16. The number of aliphatic hydroxyl groups excluding tert-OH is 3. The molecule has 2 fully saturated rings. The zero-order chi connectivity index (χ0) is 44.3. The molecular formula is C47H42O16. The van der Waals surface area contributed by atoms with Gasteiger partial charge in [-0.05, 0) is 60.7 Å². The van der Waals surface area contributed by atoms with Crippen LogP contribution in [-0.2, 0) is 37.9 Å². The summed E-state index contributed by atoms with van der Waals surface area (Å²) >= 11 is 0. The number of ether oxygens (including phenoxy) is 8. The van der Waals surface area contributed by atoms with Crippen molar-refractivity contribution >= 4 is 29.8 Å². The van der Waals surface area contributed by atoms with Crippen molar-refractivity contribution in [1.82, 2.24) is 0 Å². The summed E-state index contributed by atoms with van der Waals surface area (Å²) in [6.45, 7) is -2.55. The van der Waals surface area contributed by atoms with Gasteiger partial charge in [0.05, 0.1) is 34.4 Å². The molecule has 0 aromatic heterocycles. The minimum Gasteiger partial charge on any atom is -0.459 e. The van der Waals surface area contributed by atoms with Crippen LogP contribution >= 0.6 is 0 Å². The summed E-state index contributed by atoms with van der Waals surface area (Å²) in [6.07, 6.45) is -14.6. The van der Waals surface area contributed by atoms with Crippen molar-refractivity contribution in [2.75, 3.05) is 19.8 Å². The highest BCUT2D eigenvalue weighted by molar-refractivity contribution is 5.92. The van der Waals surface area contributed by atoms with Crippen LogP contribution in [-0.4, -0.2) is 120 Å². The van der Waals surface area contributed by atoms with Gasteiger partial charge in [-0.2, -0.15) is 0 Å². The number of benzene rings is 5. The standard InChI is InChI=1S/C47H42O16/c48-26-34-36(49)37(50)39(60-44(54)32-22-12-4-13-23-32)46(58-34)63-47(28-57-42(52)30-18-8-2-9-19-30)40(61-45(55)33-24-14-5-15-25-33)38(59-43(53)31-20-10-3-11-21-31)35(62-47)27-56-41(51)29-16-6-1-7-17-29/h1-25,34-40,46,48-50H,26-28H2/t34-,35-,36-,37+,38-,39-,40+,46-,47+/m1/s1. The van der Waals surface area contributed by atoms with Gasteiger partial charge in [-0.15, -0.1) is 0 Å². The number of carbonyl (C=O) groups is 5. The molecule has 0 bridgehead atoms. The number of hydrogen-bond donors (Lipinski definition) is 3. The third-order valence-corrected chi connectivity index (χ3v) is 10.1. The molecule has 0 spiro atoms. The minimum absolute atomic E-state index is 0.0160. The van der Waals surface area contributed by atoms with Gasteiger partial charge in [0.25, 0.3) is 0 Å². The summed E-state index contributed by atoms with van der Waals surface area (Å²) in [6, 6.07) is 38.7. The van der Waals surface area contributed by atoms with Gasteiger partial charge >= 0.3 is 29.8 Å². The van der Waals surface area contributed by atoms with Crippen LogP contribution in [0.2, 0.25) is 0 Å². The quantitative estimate of drug-likeness (QED) is 0.100. The Labute approximate surface area is 360 Å². The van der Waals surface area contributed by atoms with Gasteiger partial charge in [0.15, 0.2) is 18.3 Å². The Bertz CT molecular complexity index is 2310. The van der Waals surface area contributed by atoms with E-state index in [2.05, 4.69) is 0 Å². The minimum atomic E-state index is -2.65. The maximum absolute atomic E-state index is 14.1. The summed E-state index contributed by atoms with van der Waals surface area (Å²) in [5, 5.41) is 32.7. The van der Waals surface area contributed by atoms with Gasteiger partial charge in [0, 0.05) is 0 Å². The van der Waals surface area contributed by atoms with Gasteiger partial charge in [0.2, 0.25) is 12.1 Å². The molecule has 16 heteroatoms. The highest BCUT2D eigenvalue weighted by Gasteiger charge is 2.64. The molecule has 5 aromatic rings. The van der Waals surface area contributed by atoms with Crippen LogP contribution < -0.4 is 0 Å². The first-order chi connectivity index (χ1) is 30.6. The molecule has 0 unspecified atom stereocenters. The number of carbonyl (C=O) groups excluding carboxylic acids is 5. The highest BCUT2D eigenvalue weighted by Crippen LogP contribution is 2.41. The Morgan fingerprint density at radius 3 is 1.33 bits per heavy atom. The second kappa shape index (κ2) is 20.4. The van der Waals surface area contributed by atoms with E-state index in [9.17, 15) is 39.3 Å². The van der Waals surface area contributed by atoms with E-state index in [-0.39, 0.29) is 27.8 Å². The van der Waals surface area contributed by atoms with E-state index < -0.39 is 104 Å². The molecule has 326 valence electrons. The molecule has 0 saturated carbocycles. The normalized spacial score (nSPS) is 25.3. The predicted octanol–water partition coefficient (Wildman–Crippen LogP) is 3.93. The Morgan fingerprint density at radius 1 is 0.492 bits per heavy atom. The second-order valence-electron chi connectivity index (χ2n) is 14.4. The summed E-state index contributed by atoms with van der Waals surface area (Å²) in [4.78, 5) is 68.5. The lowest BCUT2D eigenvalue weighted by atomic mass is 9.98. The van der Waals surface area contributed by atoms with Crippen LogP contribution in [0.4, 0.5) is 0 Å². The second-order valence-corrected chi connectivity index (χ2v) is 14.4. The van der Waals surface area contributed by atoms with E-state index in [0.29, 0.717) is 0 Å². The Balaban J connectivity index is 1.34. The number of rotatable bonds is 15. The third kappa shape index (κ3) is 10.5. The lowest BCUT2D eigenvalue weighted by Crippen LogP contribution is -2.64. The van der Waals surface area contributed by atoms with Gasteiger partial charge in [0.1, 0.15) is 37.6 Å². The van der Waals surface area contributed by atoms with Gasteiger partial charge in [-0.3, -0.25) is 0 Å². The summed E-state index contributed by atoms with van der Waals surface area (Å²) < 4.78 is 48.3. The highest BCUT2D eigenvalue weighted by atomic mass is 16.8. The molecule has 0 aliphatic carbocycles. The van der Waals surface area contributed by atoms with E-state index >= 15 is 0 Å². The first kappa shape index (κ1) is 44.3. The van der Waals surface area contributed by atoms with Crippen molar-refractivity contribution in [3.63, 3.8) is 0 Å². The van der Waals surface area contributed by atoms with Crippen LogP contribution in [0.3, 0.4) is 0 Å². The zero-order valence-electron chi connectivity index (χ0n) is 33.3. The van der Waals surface area contributed by atoms with Crippen LogP contribution in [0, 0.1) is 0 Å². The Morgan fingerprint density at radius 2 is 0.889 bits per heavy atom. The average Bonchev–Trinajstić information content (AvgIpc) is 3.60. The maximum Gasteiger partial charge on any atom is 0.338 e. The zero-order valence-corrected chi connectivity index (χ0v) is 33.3. The van der Waals surface area contributed by atoms with Crippen LogP contribution in [0.5, 0.6) is 0 Å². The molecule has 0 radical (unpaired) electrons. The van der Waals surface area contributed by atoms with Crippen molar-refractivity contribution in [1.29, 1.82) is 0 Å². The van der Waals surface area contributed by atoms with E-state index in [1.807, 2.05) is 0 Å². The SMILES string of the molecule is O=C(OC[C@H]1O[C@@](COC(=O)c2ccccc2)(O[C@H]2O[C@H](CO)[C@@H](O)[C@H](O)[C@H]2OC(=O)c2ccccc2)[C@@H](OC(=O)c2ccccc2)[C@@H]1OC(=O)c1ccccc1)c1ccccc1. The van der Waals surface area contributed by atoms with Crippen molar-refractivity contribution < 1.29 is 77.2 Å². The van der Waals surface area contributed by atoms with Gasteiger partial charge in [-0.1, -0.05) is 91.0 Å². The number of aliphatic hydroxyl groups is 3. The molecule has 2 aliphatic rings. The molecule has 2 aliphatic heterocycles. The first-order valence-electron chi connectivity index (χ1n) is 19.8. The van der Waals surface area contributed by atoms with Crippen LogP contribution in [0.25, 0.3) is 0 Å². The lowest BCUT2D eigenvalue weighted by molar-refractivity contribution is -0.381. The van der Waals surface area contributed by atoms with Crippen molar-refractivity contribution in [3.05, 3.63) is 179 Å². The van der Waals surface area contributed by atoms with Crippen molar-refractivity contribution in [3.8, 4) is 0 Å². The maximum atomic E-state index is 14.1. The Kier molecular flexibility index (Phi) is 14.3. The number of esters is 5. The molecule has 5 aromatic carbocycles. The van der Waals surface area contributed by atoms with Crippen molar-refractivity contribution in [2.24, 2.45) is 0 Å². The fourth-order valence-electron chi connectivity index (χ4n) is 6.91. The molecule has 2 heterocycles. The van der Waals surface area contributed by atoms with E-state index in [1.165, 1.54) is 60.7 Å². The van der Waals surface area contributed by atoms with E-state index in [4.69, 9.17) is 37.9 Å². The first-order valence-corrected chi connectivity index (χ1v) is 19.8. The molecule has 7 rings (SSSR count). The fourth-order valence-corrected chi connectivity index (χ4v) is 6.91. The monoisotopic (exact) mass is 862 g/mol. The molecule has 0 amide bonds. The molecule has 3 N–H and O–H groups in total. The Hall–Kier alpha value is -6.79. The largest absolute Gasteiger partial charge is 0.459 e. The summed E-state index contributed by atoms with van der Waals surface area (Å²) in [5.41, 5.74) is 0.342. The van der Waals surface area contributed by atoms with Gasteiger partial charge in [-0.25, -0.2) is 24.0 Å². The molecule has 63 heavy (non-hydrogen) atoms. The van der Waals surface area contributed by atoms with Crippen LogP contribution in [0.15, 0.2) is 152 Å². The molecular weight excluding hydrogens is 821 g/mol. The summed E-state index contributed by atoms with van der Waals surface area (Å²) in [7, 11) is 0. The summed E-state index contributed by atoms with van der Waals surface area (Å²) in [5.74, 6) is -7.32. The predicted molar refractivity (Wildman–Crippen MR) is 217 cm³/mol.